The van der Waals surface area contributed by atoms with E-state index in [-0.39, 0.29) is 0 Å². The summed E-state index contributed by atoms with van der Waals surface area (Å²) in [4.78, 5) is 0. The Morgan fingerprint density at radius 3 is 3.00 bits per heavy atom. The van der Waals surface area contributed by atoms with Crippen LogP contribution >= 0.6 is 27.7 Å². The summed E-state index contributed by atoms with van der Waals surface area (Å²) in [5, 5.41) is 10.0. The van der Waals surface area contributed by atoms with Crippen molar-refractivity contribution in [3.63, 3.8) is 0 Å². The number of benzene rings is 1. The van der Waals surface area contributed by atoms with Crippen LogP contribution in [0, 0.1) is 0 Å². The molecule has 1 aromatic heterocycles. The number of ether oxygens (including phenoxy) is 1. The van der Waals surface area contributed by atoms with E-state index in [0.29, 0.717) is 12.1 Å². The second kappa shape index (κ2) is 5.57. The molecule has 1 N–H and O–H groups in total. The molecule has 0 saturated heterocycles. The second-order valence-electron chi connectivity index (χ2n) is 3.51. The van der Waals surface area contributed by atoms with Gasteiger partial charge in [-0.15, -0.1) is 0 Å². The summed E-state index contributed by atoms with van der Waals surface area (Å²) in [5.74, 6) is 0.760. The van der Waals surface area contributed by atoms with Crippen molar-refractivity contribution >= 4 is 27.7 Å². The molecular weight excluding hydrogens is 304 g/mol. The Hall–Kier alpha value is -0.980. The van der Waals surface area contributed by atoms with E-state index >= 15 is 0 Å². The van der Waals surface area contributed by atoms with E-state index in [1.807, 2.05) is 18.2 Å². The van der Waals surface area contributed by atoms with Crippen molar-refractivity contribution in [3.05, 3.63) is 40.1 Å². The Morgan fingerprint density at radius 2 is 2.35 bits per heavy atom. The second-order valence-corrected chi connectivity index (χ2v) is 4.98. The molecule has 1 heterocycles. The van der Waals surface area contributed by atoms with Gasteiger partial charge in [-0.1, -0.05) is 15.9 Å². The number of aliphatic hydroxyl groups excluding tert-OH is 1. The smallest absolute Gasteiger partial charge is 0.122 e. The fourth-order valence-electron chi connectivity index (χ4n) is 1.54. The number of hydrogen-bond donors (Lipinski definition) is 1. The molecule has 0 saturated carbocycles. The van der Waals surface area contributed by atoms with Crippen molar-refractivity contribution in [1.82, 2.24) is 8.75 Å². The normalized spacial score (nSPS) is 12.4. The van der Waals surface area contributed by atoms with E-state index in [0.717, 1.165) is 27.5 Å². The molecule has 1 unspecified atom stereocenters. The average Bonchev–Trinajstić information content (AvgIpc) is 2.83. The number of nitrogens with zero attached hydrogens (tertiary/aromatic N) is 2. The van der Waals surface area contributed by atoms with Gasteiger partial charge in [0.1, 0.15) is 17.5 Å². The number of halogens is 1. The molecule has 0 aliphatic rings. The molecule has 0 radical (unpaired) electrons. The predicted octanol–water partition coefficient (Wildman–Crippen LogP) is 2.59. The molecule has 1 atom stereocenters. The Balaban J connectivity index is 2.20. The van der Waals surface area contributed by atoms with Gasteiger partial charge in [-0.2, -0.15) is 8.75 Å². The van der Waals surface area contributed by atoms with Crippen LogP contribution in [0.1, 0.15) is 17.4 Å². The molecule has 2 aromatic rings. The van der Waals surface area contributed by atoms with Gasteiger partial charge in [0, 0.05) is 10.9 Å². The van der Waals surface area contributed by atoms with E-state index < -0.39 is 6.10 Å². The molecule has 6 heteroatoms. The van der Waals surface area contributed by atoms with Gasteiger partial charge < -0.3 is 9.84 Å². The monoisotopic (exact) mass is 314 g/mol. The molecule has 90 valence electrons. The number of rotatable bonds is 4. The molecule has 1 aromatic carbocycles. The van der Waals surface area contributed by atoms with Gasteiger partial charge in [-0.3, -0.25) is 0 Å². The van der Waals surface area contributed by atoms with Crippen LogP contribution in [0.2, 0.25) is 0 Å². The highest BCUT2D eigenvalue weighted by atomic mass is 79.9. The fraction of sp³-hybridized carbons (Fsp3) is 0.273. The van der Waals surface area contributed by atoms with Crippen molar-refractivity contribution in [1.29, 1.82) is 0 Å². The molecule has 0 aliphatic carbocycles. The zero-order chi connectivity index (χ0) is 12.3. The molecule has 0 bridgehead atoms. The van der Waals surface area contributed by atoms with Crippen molar-refractivity contribution < 1.29 is 9.84 Å². The summed E-state index contributed by atoms with van der Waals surface area (Å²) in [5.41, 5.74) is 1.53. The Bertz CT molecular complexity index is 490. The zero-order valence-electron chi connectivity index (χ0n) is 9.13. The third kappa shape index (κ3) is 3.02. The van der Waals surface area contributed by atoms with Gasteiger partial charge in [0.2, 0.25) is 0 Å². The number of aromatic nitrogens is 2. The lowest BCUT2D eigenvalue weighted by Crippen LogP contribution is -2.03. The minimum atomic E-state index is -0.656. The summed E-state index contributed by atoms with van der Waals surface area (Å²) in [6.07, 6.45) is 1.38. The predicted molar refractivity (Wildman–Crippen MR) is 69.3 cm³/mol. The molecule has 4 nitrogen and oxygen atoms in total. The van der Waals surface area contributed by atoms with E-state index in [2.05, 4.69) is 24.7 Å². The number of hydrogen-bond acceptors (Lipinski definition) is 5. The number of aliphatic hydroxyl groups is 1. The maximum Gasteiger partial charge on any atom is 0.122 e. The largest absolute Gasteiger partial charge is 0.496 e. The van der Waals surface area contributed by atoms with Crippen LogP contribution in [-0.2, 0) is 6.42 Å². The quantitative estimate of drug-likeness (QED) is 0.942. The summed E-state index contributed by atoms with van der Waals surface area (Å²) in [7, 11) is 1.61. The highest BCUT2D eigenvalue weighted by Crippen LogP contribution is 2.27. The van der Waals surface area contributed by atoms with Crippen molar-refractivity contribution in [2.45, 2.75) is 12.5 Å². The Morgan fingerprint density at radius 1 is 1.53 bits per heavy atom. The van der Waals surface area contributed by atoms with E-state index in [9.17, 15) is 5.11 Å². The SMILES string of the molecule is COc1ccc(Br)cc1CC(O)c1cnsn1. The van der Waals surface area contributed by atoms with Crippen molar-refractivity contribution in [2.75, 3.05) is 7.11 Å². The van der Waals surface area contributed by atoms with Gasteiger partial charge in [-0.05, 0) is 23.8 Å². The molecular formula is C11H11BrN2O2S. The van der Waals surface area contributed by atoms with E-state index in [1.165, 1.54) is 0 Å². The lowest BCUT2D eigenvalue weighted by Gasteiger charge is -2.11. The van der Waals surface area contributed by atoms with Crippen LogP contribution in [0.4, 0.5) is 0 Å². The van der Waals surface area contributed by atoms with Crippen LogP contribution in [0.3, 0.4) is 0 Å². The summed E-state index contributed by atoms with van der Waals surface area (Å²) in [6, 6.07) is 5.70. The van der Waals surface area contributed by atoms with Gasteiger partial charge >= 0.3 is 0 Å². The maximum absolute atomic E-state index is 10.0. The minimum Gasteiger partial charge on any atom is -0.496 e. The standard InChI is InChI=1S/C11H11BrN2O2S/c1-16-11-3-2-8(12)4-7(11)5-10(15)9-6-13-17-14-9/h2-4,6,10,15H,5H2,1H3. The van der Waals surface area contributed by atoms with Crippen LogP contribution < -0.4 is 4.74 Å². The third-order valence-electron chi connectivity index (χ3n) is 2.38. The first-order valence-electron chi connectivity index (χ1n) is 4.98. The van der Waals surface area contributed by atoms with Gasteiger partial charge in [-0.25, -0.2) is 0 Å². The summed E-state index contributed by atoms with van der Waals surface area (Å²) in [6.45, 7) is 0. The lowest BCUT2D eigenvalue weighted by atomic mass is 10.1. The third-order valence-corrected chi connectivity index (χ3v) is 3.36. The fourth-order valence-corrected chi connectivity index (χ4v) is 2.41. The molecule has 2 rings (SSSR count). The number of methoxy groups -OCH3 is 1. The minimum absolute atomic E-state index is 0.452. The Kier molecular flexibility index (Phi) is 4.09. The van der Waals surface area contributed by atoms with E-state index in [1.54, 1.807) is 13.3 Å². The molecule has 0 spiro atoms. The average molecular weight is 315 g/mol. The molecule has 0 fully saturated rings. The van der Waals surface area contributed by atoms with Crippen LogP contribution in [-0.4, -0.2) is 21.0 Å². The topological polar surface area (TPSA) is 55.2 Å². The Labute approximate surface area is 112 Å². The van der Waals surface area contributed by atoms with E-state index in [4.69, 9.17) is 4.74 Å². The van der Waals surface area contributed by atoms with Gasteiger partial charge in [0.05, 0.1) is 25.0 Å². The van der Waals surface area contributed by atoms with Crippen molar-refractivity contribution in [2.24, 2.45) is 0 Å². The van der Waals surface area contributed by atoms with Crippen LogP contribution in [0.5, 0.6) is 5.75 Å². The maximum atomic E-state index is 10.0. The van der Waals surface area contributed by atoms with Gasteiger partial charge in [0.15, 0.2) is 0 Å². The first kappa shape index (κ1) is 12.5. The first-order valence-corrected chi connectivity index (χ1v) is 6.51. The summed E-state index contributed by atoms with van der Waals surface area (Å²) < 4.78 is 14.1. The summed E-state index contributed by atoms with van der Waals surface area (Å²) >= 11 is 4.49. The van der Waals surface area contributed by atoms with Gasteiger partial charge in [0.25, 0.3) is 0 Å². The zero-order valence-corrected chi connectivity index (χ0v) is 11.5. The van der Waals surface area contributed by atoms with Crippen molar-refractivity contribution in [3.8, 4) is 5.75 Å². The lowest BCUT2D eigenvalue weighted by molar-refractivity contribution is 0.173. The highest BCUT2D eigenvalue weighted by Gasteiger charge is 2.14. The molecule has 0 amide bonds. The molecule has 0 aliphatic heterocycles. The highest BCUT2D eigenvalue weighted by molar-refractivity contribution is 9.10. The first-order chi connectivity index (χ1) is 8.20. The van der Waals surface area contributed by atoms with Crippen LogP contribution in [0.15, 0.2) is 28.9 Å². The van der Waals surface area contributed by atoms with Crippen LogP contribution in [0.25, 0.3) is 0 Å². The molecule has 17 heavy (non-hydrogen) atoms.